The Kier molecular flexibility index (Phi) is 6.37. The molecule has 0 fully saturated rings. The average Bonchev–Trinajstić information content (AvgIpc) is 2.55. The van der Waals surface area contributed by atoms with Gasteiger partial charge >= 0.3 is 0 Å². The number of sulfonamides is 2. The molecular weight excluding hydrogens is 390 g/mol. The maximum absolute atomic E-state index is 12.3. The second-order valence-corrected chi connectivity index (χ2v) is 9.48. The van der Waals surface area contributed by atoms with Crippen molar-refractivity contribution in [1.82, 2.24) is 4.72 Å². The van der Waals surface area contributed by atoms with Gasteiger partial charge in [-0.2, -0.15) is 4.72 Å². The lowest BCUT2D eigenvalue weighted by Gasteiger charge is -2.15. The molecule has 2 aromatic rings. The first-order chi connectivity index (χ1) is 12.5. The monoisotopic (exact) mass is 411 g/mol. The van der Waals surface area contributed by atoms with E-state index in [0.717, 1.165) is 5.56 Å². The van der Waals surface area contributed by atoms with E-state index in [9.17, 15) is 21.6 Å². The largest absolute Gasteiger partial charge is 0.325 e. The van der Waals surface area contributed by atoms with E-state index in [1.807, 2.05) is 6.92 Å². The first-order valence-corrected chi connectivity index (χ1v) is 11.2. The Morgan fingerprint density at radius 2 is 1.56 bits per heavy atom. The van der Waals surface area contributed by atoms with Crippen LogP contribution in [0.4, 0.5) is 5.69 Å². The summed E-state index contributed by atoms with van der Waals surface area (Å²) in [6.45, 7) is 3.27. The van der Waals surface area contributed by atoms with Crippen LogP contribution < -0.4 is 15.2 Å². The van der Waals surface area contributed by atoms with Crippen LogP contribution in [0.5, 0.6) is 0 Å². The van der Waals surface area contributed by atoms with E-state index in [4.69, 9.17) is 5.14 Å². The Morgan fingerprint density at radius 3 is 2.07 bits per heavy atom. The second kappa shape index (κ2) is 8.17. The summed E-state index contributed by atoms with van der Waals surface area (Å²) in [7, 11) is -7.47. The van der Waals surface area contributed by atoms with Crippen molar-refractivity contribution in [3.63, 3.8) is 0 Å². The van der Waals surface area contributed by atoms with Crippen molar-refractivity contribution in [1.29, 1.82) is 0 Å². The van der Waals surface area contributed by atoms with E-state index in [-0.39, 0.29) is 10.6 Å². The van der Waals surface area contributed by atoms with Crippen LogP contribution in [-0.4, -0.2) is 28.8 Å². The van der Waals surface area contributed by atoms with Gasteiger partial charge in [0.25, 0.3) is 0 Å². The number of rotatable bonds is 7. The lowest BCUT2D eigenvalue weighted by molar-refractivity contribution is -0.117. The van der Waals surface area contributed by atoms with Gasteiger partial charge < -0.3 is 5.32 Å². The molecule has 2 aromatic carbocycles. The van der Waals surface area contributed by atoms with Crippen molar-refractivity contribution >= 4 is 31.6 Å². The van der Waals surface area contributed by atoms with Gasteiger partial charge in [0, 0.05) is 5.69 Å². The minimum atomic E-state index is -3.83. The van der Waals surface area contributed by atoms with Crippen LogP contribution in [-0.2, 0) is 30.6 Å². The van der Waals surface area contributed by atoms with Crippen LogP contribution in [0, 0.1) is 6.92 Å². The maximum atomic E-state index is 12.3. The zero-order chi connectivity index (χ0) is 20.2. The van der Waals surface area contributed by atoms with E-state index in [1.54, 1.807) is 12.1 Å². The predicted molar refractivity (Wildman–Crippen MR) is 103 cm³/mol. The van der Waals surface area contributed by atoms with Gasteiger partial charge in [-0.15, -0.1) is 0 Å². The predicted octanol–water partition coefficient (Wildman–Crippen LogP) is 1.09. The van der Waals surface area contributed by atoms with Crippen LogP contribution in [0.25, 0.3) is 0 Å². The number of primary sulfonamides is 1. The molecule has 0 aliphatic carbocycles. The molecule has 0 aliphatic heterocycles. The van der Waals surface area contributed by atoms with Crippen LogP contribution in [0.15, 0.2) is 53.4 Å². The summed E-state index contributed by atoms with van der Waals surface area (Å²) < 4.78 is 49.1. The van der Waals surface area contributed by atoms with Gasteiger partial charge in [-0.05, 0) is 43.7 Å². The van der Waals surface area contributed by atoms with Crippen molar-refractivity contribution in [2.75, 3.05) is 5.32 Å². The fourth-order valence-electron chi connectivity index (χ4n) is 2.24. The van der Waals surface area contributed by atoms with E-state index < -0.39 is 32.0 Å². The average molecular weight is 412 g/mol. The number of nitrogens with two attached hydrogens (primary N) is 1. The minimum Gasteiger partial charge on any atom is -0.325 e. The lowest BCUT2D eigenvalue weighted by Crippen LogP contribution is -2.41. The molecule has 0 aromatic heterocycles. The molecule has 27 heavy (non-hydrogen) atoms. The van der Waals surface area contributed by atoms with E-state index >= 15 is 0 Å². The maximum Gasteiger partial charge on any atom is 0.242 e. The number of carbonyl (C=O) groups excluding carboxylic acids is 1. The molecule has 1 amide bonds. The summed E-state index contributed by atoms with van der Waals surface area (Å²) in [5.74, 6) is -0.863. The molecule has 0 saturated heterocycles. The molecular formula is C17H21N3O5S2. The number of hydrogen-bond acceptors (Lipinski definition) is 5. The van der Waals surface area contributed by atoms with Crippen molar-refractivity contribution in [2.24, 2.45) is 5.14 Å². The van der Waals surface area contributed by atoms with Crippen molar-refractivity contribution in [3.8, 4) is 0 Å². The molecule has 0 saturated carbocycles. The van der Waals surface area contributed by atoms with Gasteiger partial charge in [0.05, 0.1) is 16.7 Å². The van der Waals surface area contributed by atoms with Crippen LogP contribution in [0.2, 0.25) is 0 Å². The molecule has 8 nitrogen and oxygen atoms in total. The Morgan fingerprint density at radius 1 is 1.00 bits per heavy atom. The standard InChI is InChI=1S/C17H21N3O5S2/c1-12-3-9-16(10-4-12)27(24,25)20-13(2)17(21)19-15-7-5-14(6-8-15)11-26(18,22)23/h3-10,13,20H,11H2,1-2H3,(H,19,21)(H2,18,22,23)/t13-/m0/s1. The highest BCUT2D eigenvalue weighted by Crippen LogP contribution is 2.13. The smallest absolute Gasteiger partial charge is 0.242 e. The minimum absolute atomic E-state index is 0.0695. The van der Waals surface area contributed by atoms with Gasteiger partial charge in [0.2, 0.25) is 26.0 Å². The number of amides is 1. The van der Waals surface area contributed by atoms with Gasteiger partial charge in [-0.3, -0.25) is 4.79 Å². The van der Waals surface area contributed by atoms with E-state index in [0.29, 0.717) is 11.3 Å². The number of hydrogen-bond donors (Lipinski definition) is 3. The van der Waals surface area contributed by atoms with Crippen LogP contribution in [0.1, 0.15) is 18.1 Å². The van der Waals surface area contributed by atoms with Crippen LogP contribution in [0.3, 0.4) is 0 Å². The van der Waals surface area contributed by atoms with E-state index in [2.05, 4.69) is 10.0 Å². The number of aryl methyl sites for hydroxylation is 1. The van der Waals surface area contributed by atoms with E-state index in [1.165, 1.54) is 43.3 Å². The molecule has 0 bridgehead atoms. The Labute approximate surface area is 158 Å². The number of nitrogens with one attached hydrogen (secondary N) is 2. The highest BCUT2D eigenvalue weighted by molar-refractivity contribution is 7.89. The van der Waals surface area contributed by atoms with Crippen molar-refractivity contribution in [3.05, 3.63) is 59.7 Å². The van der Waals surface area contributed by atoms with Gasteiger partial charge in [-0.25, -0.2) is 22.0 Å². The third-order valence-electron chi connectivity index (χ3n) is 3.65. The lowest BCUT2D eigenvalue weighted by atomic mass is 10.2. The summed E-state index contributed by atoms with van der Waals surface area (Å²) >= 11 is 0. The van der Waals surface area contributed by atoms with Gasteiger partial charge in [-0.1, -0.05) is 29.8 Å². The fraction of sp³-hybridized carbons (Fsp3) is 0.235. The summed E-state index contributed by atoms with van der Waals surface area (Å²) in [6, 6.07) is 11.3. The molecule has 2 rings (SSSR count). The number of anilines is 1. The molecule has 146 valence electrons. The quantitative estimate of drug-likeness (QED) is 0.627. The second-order valence-electron chi connectivity index (χ2n) is 6.15. The van der Waals surface area contributed by atoms with Crippen molar-refractivity contribution in [2.45, 2.75) is 30.5 Å². The first-order valence-electron chi connectivity index (χ1n) is 7.95. The molecule has 10 heteroatoms. The highest BCUT2D eigenvalue weighted by atomic mass is 32.2. The Hall–Kier alpha value is -2.27. The fourth-order valence-corrected chi connectivity index (χ4v) is 4.10. The molecule has 1 atom stereocenters. The topological polar surface area (TPSA) is 135 Å². The Bertz CT molecular complexity index is 1020. The molecule has 0 aliphatic rings. The molecule has 0 unspecified atom stereocenters. The summed E-state index contributed by atoms with van der Waals surface area (Å²) in [5, 5.41) is 7.55. The molecule has 0 heterocycles. The van der Waals surface area contributed by atoms with Crippen LogP contribution >= 0.6 is 0 Å². The normalized spacial score (nSPS) is 13.1. The summed E-state index contributed by atoms with van der Waals surface area (Å²) in [6.07, 6.45) is 0. The molecule has 0 spiro atoms. The number of carbonyl (C=O) groups is 1. The highest BCUT2D eigenvalue weighted by Gasteiger charge is 2.22. The third kappa shape index (κ3) is 6.43. The van der Waals surface area contributed by atoms with Gasteiger partial charge in [0.15, 0.2) is 0 Å². The van der Waals surface area contributed by atoms with Gasteiger partial charge in [0.1, 0.15) is 0 Å². The summed E-state index contributed by atoms with van der Waals surface area (Å²) in [5.41, 5.74) is 1.80. The number of benzene rings is 2. The molecule has 0 radical (unpaired) electrons. The first kappa shape index (κ1) is 21.0. The van der Waals surface area contributed by atoms with Crippen molar-refractivity contribution < 1.29 is 21.6 Å². The summed E-state index contributed by atoms with van der Waals surface area (Å²) in [4.78, 5) is 12.3. The zero-order valence-electron chi connectivity index (χ0n) is 14.8. The zero-order valence-corrected chi connectivity index (χ0v) is 16.5. The third-order valence-corrected chi connectivity index (χ3v) is 5.94. The SMILES string of the molecule is Cc1ccc(S(=O)(=O)N[C@@H](C)C(=O)Nc2ccc(CS(N)(=O)=O)cc2)cc1. The Balaban J connectivity index is 2.02. The molecule has 4 N–H and O–H groups in total.